The van der Waals surface area contributed by atoms with Crippen LogP contribution in [0.15, 0.2) is 53.8 Å². The van der Waals surface area contributed by atoms with E-state index < -0.39 is 17.8 Å². The summed E-state index contributed by atoms with van der Waals surface area (Å²) in [6.07, 6.45) is 1.24. The first-order valence-corrected chi connectivity index (χ1v) is 9.83. The highest BCUT2D eigenvalue weighted by molar-refractivity contribution is 5.87. The van der Waals surface area contributed by atoms with Crippen molar-refractivity contribution in [3.05, 3.63) is 76.1 Å². The molecule has 0 saturated carbocycles. The number of hydrogen-bond acceptors (Lipinski definition) is 6. The summed E-state index contributed by atoms with van der Waals surface area (Å²) in [5.74, 6) is -0.849. The van der Waals surface area contributed by atoms with Gasteiger partial charge in [0.15, 0.2) is 6.23 Å². The maximum absolute atomic E-state index is 13.5. The van der Waals surface area contributed by atoms with E-state index in [0.717, 1.165) is 29.0 Å². The van der Waals surface area contributed by atoms with E-state index in [1.165, 1.54) is 4.57 Å². The van der Waals surface area contributed by atoms with Crippen LogP contribution in [0.2, 0.25) is 0 Å². The first-order valence-electron chi connectivity index (χ1n) is 9.83. The molecule has 2 aromatic heterocycles. The smallest absolute Gasteiger partial charge is 0.347 e. The third kappa shape index (κ3) is 2.42. The molecule has 0 aliphatic carbocycles. The summed E-state index contributed by atoms with van der Waals surface area (Å²) in [6, 6.07) is 11.3. The molecule has 7 nitrogen and oxygen atoms in total. The number of hydrogen-bond donors (Lipinski definition) is 1. The Morgan fingerprint density at radius 1 is 1.37 bits per heavy atom. The molecule has 1 N–H and O–H groups in total. The zero-order chi connectivity index (χ0) is 21.0. The van der Waals surface area contributed by atoms with Gasteiger partial charge in [-0.05, 0) is 30.7 Å². The molecular formula is C23H20N2O5. The minimum absolute atomic E-state index is 0.182. The van der Waals surface area contributed by atoms with Crippen LogP contribution in [0, 0.1) is 0 Å². The lowest BCUT2D eigenvalue weighted by Gasteiger charge is -2.30. The second-order valence-corrected chi connectivity index (χ2v) is 7.49. The number of nitrogens with zero attached hydrogens (tertiary/aromatic N) is 2. The number of carbonyl (C=O) groups excluding carboxylic acids is 1. The van der Waals surface area contributed by atoms with Gasteiger partial charge in [0.1, 0.15) is 6.61 Å². The van der Waals surface area contributed by atoms with Crippen molar-refractivity contribution in [1.82, 2.24) is 9.55 Å². The highest BCUT2D eigenvalue weighted by atomic mass is 16.6. The zero-order valence-electron chi connectivity index (χ0n) is 16.4. The van der Waals surface area contributed by atoms with E-state index in [9.17, 15) is 14.7 Å². The second kappa shape index (κ2) is 6.62. The second-order valence-electron chi connectivity index (χ2n) is 7.49. The van der Waals surface area contributed by atoms with E-state index in [2.05, 4.69) is 6.58 Å². The van der Waals surface area contributed by atoms with Gasteiger partial charge in [-0.15, -0.1) is 0 Å². The third-order valence-electron chi connectivity index (χ3n) is 5.68. The van der Waals surface area contributed by atoms with Gasteiger partial charge in [-0.1, -0.05) is 31.7 Å². The molecule has 4 heterocycles. The van der Waals surface area contributed by atoms with Gasteiger partial charge in [0, 0.05) is 23.1 Å². The molecule has 0 spiro atoms. The molecule has 0 saturated heterocycles. The topological polar surface area (TPSA) is 90.7 Å². The molecule has 5 rings (SSSR count). The Morgan fingerprint density at radius 3 is 2.93 bits per heavy atom. The lowest BCUT2D eigenvalue weighted by Crippen LogP contribution is -2.43. The maximum Gasteiger partial charge on any atom is 0.347 e. The average molecular weight is 404 g/mol. The fraction of sp³-hybridized carbons (Fsp3) is 0.261. The van der Waals surface area contributed by atoms with Gasteiger partial charge in [0.05, 0.1) is 22.5 Å². The number of cyclic esters (lactones) is 1. The quantitative estimate of drug-likeness (QED) is 0.531. The minimum Gasteiger partial charge on any atom is -0.458 e. The molecular weight excluding hydrogens is 384 g/mol. The van der Waals surface area contributed by atoms with Gasteiger partial charge in [-0.2, -0.15) is 0 Å². The number of ether oxygens (including phenoxy) is 2. The van der Waals surface area contributed by atoms with Crippen LogP contribution in [0.5, 0.6) is 0 Å². The summed E-state index contributed by atoms with van der Waals surface area (Å²) in [5.41, 5.74) is 0.583. The summed E-state index contributed by atoms with van der Waals surface area (Å²) < 4.78 is 12.7. The van der Waals surface area contributed by atoms with E-state index in [-0.39, 0.29) is 23.3 Å². The Hall–Kier alpha value is -3.29. The molecule has 152 valence electrons. The number of aromatic nitrogens is 2. The van der Waals surface area contributed by atoms with Gasteiger partial charge >= 0.3 is 5.97 Å². The Bertz CT molecular complexity index is 1280. The van der Waals surface area contributed by atoms with Gasteiger partial charge in [0.25, 0.3) is 5.56 Å². The van der Waals surface area contributed by atoms with Crippen molar-refractivity contribution >= 4 is 16.9 Å². The highest BCUT2D eigenvalue weighted by Crippen LogP contribution is 2.42. The molecule has 2 atom stereocenters. The Labute approximate surface area is 172 Å². The number of pyridine rings is 2. The van der Waals surface area contributed by atoms with Crippen LogP contribution in [0.4, 0.5) is 0 Å². The summed E-state index contributed by atoms with van der Waals surface area (Å²) in [5, 5.41) is 11.8. The van der Waals surface area contributed by atoms with Gasteiger partial charge < -0.3 is 14.6 Å². The highest BCUT2D eigenvalue weighted by Gasteiger charge is 2.45. The van der Waals surface area contributed by atoms with Crippen LogP contribution in [-0.2, 0) is 26.5 Å². The van der Waals surface area contributed by atoms with Crippen LogP contribution < -0.4 is 5.56 Å². The standard InChI is InChI=1S/C23H20N2O5/c1-3-9-29-21-14-10-13-7-5-6-8-17(13)24-19(14)18-11-16-15(20(26)25(18)21)12-30-22(27)23(16,28)4-2/h4-8,10-11,21,28H,2-3,9,12H2,1H3/t21-,23-/m0/s1. The van der Waals surface area contributed by atoms with Crippen molar-refractivity contribution in [2.24, 2.45) is 0 Å². The van der Waals surface area contributed by atoms with E-state index in [1.54, 1.807) is 6.07 Å². The first-order chi connectivity index (χ1) is 14.5. The minimum atomic E-state index is -2.08. The number of esters is 1. The number of aliphatic hydroxyl groups is 1. The SMILES string of the molecule is C=C[C@@]1(O)C(=O)OCc2c1cc1n(c2=O)[C@@H](OCCC)c2cc3ccccc3nc2-1. The molecule has 30 heavy (non-hydrogen) atoms. The largest absolute Gasteiger partial charge is 0.458 e. The molecule has 7 heteroatoms. The van der Waals surface area contributed by atoms with Crippen LogP contribution in [0.1, 0.15) is 36.3 Å². The summed E-state index contributed by atoms with van der Waals surface area (Å²) in [6.45, 7) is 5.82. The van der Waals surface area contributed by atoms with Crippen LogP contribution in [0.25, 0.3) is 22.3 Å². The zero-order valence-corrected chi connectivity index (χ0v) is 16.4. The third-order valence-corrected chi connectivity index (χ3v) is 5.68. The normalized spacial score (nSPS) is 21.7. The molecule has 1 aromatic carbocycles. The number of benzene rings is 1. The maximum atomic E-state index is 13.5. The molecule has 0 amide bonds. The molecule has 0 unspecified atom stereocenters. The summed E-state index contributed by atoms with van der Waals surface area (Å²) >= 11 is 0. The van der Waals surface area contributed by atoms with E-state index >= 15 is 0 Å². The van der Waals surface area contributed by atoms with E-state index in [4.69, 9.17) is 14.5 Å². The van der Waals surface area contributed by atoms with Crippen LogP contribution >= 0.6 is 0 Å². The average Bonchev–Trinajstić information content (AvgIpc) is 3.06. The van der Waals surface area contributed by atoms with Crippen molar-refractivity contribution < 1.29 is 19.4 Å². The van der Waals surface area contributed by atoms with Gasteiger partial charge in [0.2, 0.25) is 5.60 Å². The van der Waals surface area contributed by atoms with Crippen molar-refractivity contribution in [3.63, 3.8) is 0 Å². The number of carbonyl (C=O) groups is 1. The molecule has 3 aromatic rings. The number of rotatable bonds is 4. The predicted octanol–water partition coefficient (Wildman–Crippen LogP) is 2.78. The van der Waals surface area contributed by atoms with Crippen molar-refractivity contribution in [3.8, 4) is 11.4 Å². The van der Waals surface area contributed by atoms with Crippen LogP contribution in [-0.4, -0.2) is 27.2 Å². The lowest BCUT2D eigenvalue weighted by molar-refractivity contribution is -0.165. The monoisotopic (exact) mass is 404 g/mol. The summed E-state index contributed by atoms with van der Waals surface area (Å²) in [7, 11) is 0. The van der Waals surface area contributed by atoms with E-state index in [1.807, 2.05) is 37.3 Å². The first kappa shape index (κ1) is 18.7. The number of fused-ring (bicyclic) bond motifs is 5. The lowest BCUT2D eigenvalue weighted by atomic mass is 9.88. The molecule has 2 aliphatic rings. The van der Waals surface area contributed by atoms with Crippen molar-refractivity contribution in [1.29, 1.82) is 0 Å². The molecule has 2 aliphatic heterocycles. The Kier molecular flexibility index (Phi) is 4.13. The Morgan fingerprint density at radius 2 is 2.17 bits per heavy atom. The van der Waals surface area contributed by atoms with Crippen molar-refractivity contribution in [2.45, 2.75) is 31.8 Å². The number of para-hydroxylation sites is 1. The Balaban J connectivity index is 1.83. The molecule has 0 bridgehead atoms. The van der Waals surface area contributed by atoms with Crippen LogP contribution in [0.3, 0.4) is 0 Å². The molecule has 0 fully saturated rings. The fourth-order valence-electron chi connectivity index (χ4n) is 4.17. The molecule has 0 radical (unpaired) electrons. The van der Waals surface area contributed by atoms with Crippen molar-refractivity contribution in [2.75, 3.05) is 6.61 Å². The fourth-order valence-corrected chi connectivity index (χ4v) is 4.17. The van der Waals surface area contributed by atoms with Gasteiger partial charge in [-0.3, -0.25) is 9.36 Å². The van der Waals surface area contributed by atoms with E-state index in [0.29, 0.717) is 18.0 Å². The summed E-state index contributed by atoms with van der Waals surface area (Å²) in [4.78, 5) is 30.5. The predicted molar refractivity (Wildman–Crippen MR) is 110 cm³/mol. The van der Waals surface area contributed by atoms with Gasteiger partial charge in [-0.25, -0.2) is 9.78 Å².